The Morgan fingerprint density at radius 2 is 1.64 bits per heavy atom. The molecule has 3 fully saturated rings. The molecule has 0 aliphatic carbocycles. The van der Waals surface area contributed by atoms with Gasteiger partial charge < -0.3 is 9.47 Å². The lowest BCUT2D eigenvalue weighted by atomic mass is 9.88. The van der Waals surface area contributed by atoms with Crippen LogP contribution in [0.4, 0.5) is 0 Å². The molecular formula is C9H16O2. The summed E-state index contributed by atoms with van der Waals surface area (Å²) >= 11 is 0. The Hall–Kier alpha value is -0.0800. The molecule has 2 bridgehead atoms. The molecule has 0 aromatic heterocycles. The molecule has 3 rings (SSSR count). The van der Waals surface area contributed by atoms with Gasteiger partial charge in [0.05, 0.1) is 13.2 Å². The molecule has 64 valence electrons. The van der Waals surface area contributed by atoms with Crippen LogP contribution in [0.15, 0.2) is 0 Å². The average Bonchev–Trinajstić information content (AvgIpc) is 2.18. The molecule has 3 aliphatic rings. The van der Waals surface area contributed by atoms with E-state index in [4.69, 9.17) is 9.47 Å². The highest BCUT2D eigenvalue weighted by Crippen LogP contribution is 2.40. The van der Waals surface area contributed by atoms with Crippen molar-refractivity contribution >= 4 is 0 Å². The molecule has 0 radical (unpaired) electrons. The SMILES string of the molecule is CC12CCCC(C)(OC1)OC2. The Bertz CT molecular complexity index is 139. The maximum atomic E-state index is 5.67. The minimum atomic E-state index is -0.254. The van der Waals surface area contributed by atoms with Crippen LogP contribution in [0.3, 0.4) is 0 Å². The third kappa shape index (κ3) is 1.30. The zero-order valence-corrected chi connectivity index (χ0v) is 7.35. The second kappa shape index (κ2) is 2.20. The van der Waals surface area contributed by atoms with Crippen molar-refractivity contribution < 1.29 is 9.47 Å². The van der Waals surface area contributed by atoms with Crippen molar-refractivity contribution in [2.75, 3.05) is 13.2 Å². The van der Waals surface area contributed by atoms with Crippen molar-refractivity contribution in [2.45, 2.75) is 38.9 Å². The number of rotatable bonds is 0. The van der Waals surface area contributed by atoms with Crippen molar-refractivity contribution in [2.24, 2.45) is 5.41 Å². The minimum Gasteiger partial charge on any atom is -0.350 e. The lowest BCUT2D eigenvalue weighted by Gasteiger charge is -2.39. The summed E-state index contributed by atoms with van der Waals surface area (Å²) in [5, 5.41) is 0. The van der Waals surface area contributed by atoms with Gasteiger partial charge in [-0.05, 0) is 19.8 Å². The van der Waals surface area contributed by atoms with Gasteiger partial charge in [0, 0.05) is 11.8 Å². The van der Waals surface area contributed by atoms with Crippen LogP contribution in [0.2, 0.25) is 0 Å². The molecule has 0 N–H and O–H groups in total. The zero-order valence-electron chi connectivity index (χ0n) is 7.35. The summed E-state index contributed by atoms with van der Waals surface area (Å²) in [6, 6.07) is 0. The van der Waals surface area contributed by atoms with Crippen molar-refractivity contribution in [1.29, 1.82) is 0 Å². The van der Waals surface area contributed by atoms with Crippen LogP contribution in [-0.4, -0.2) is 19.0 Å². The van der Waals surface area contributed by atoms with Gasteiger partial charge in [0.25, 0.3) is 0 Å². The third-order valence-corrected chi connectivity index (χ3v) is 2.86. The molecule has 0 spiro atoms. The Labute approximate surface area is 67.9 Å². The van der Waals surface area contributed by atoms with Gasteiger partial charge in [0.2, 0.25) is 0 Å². The third-order valence-electron chi connectivity index (χ3n) is 2.86. The number of hydrogen-bond donors (Lipinski definition) is 0. The number of ether oxygens (including phenoxy) is 2. The van der Waals surface area contributed by atoms with E-state index in [1.54, 1.807) is 0 Å². The van der Waals surface area contributed by atoms with E-state index >= 15 is 0 Å². The molecule has 0 aromatic rings. The summed E-state index contributed by atoms with van der Waals surface area (Å²) in [5.41, 5.74) is 0.302. The predicted octanol–water partition coefficient (Wildman–Crippen LogP) is 1.94. The first-order valence-corrected chi connectivity index (χ1v) is 4.40. The van der Waals surface area contributed by atoms with Crippen molar-refractivity contribution in [3.05, 3.63) is 0 Å². The van der Waals surface area contributed by atoms with Gasteiger partial charge >= 0.3 is 0 Å². The van der Waals surface area contributed by atoms with Gasteiger partial charge in [-0.1, -0.05) is 6.92 Å². The monoisotopic (exact) mass is 156 g/mol. The summed E-state index contributed by atoms with van der Waals surface area (Å²) in [6.45, 7) is 6.06. The largest absolute Gasteiger partial charge is 0.350 e. The fourth-order valence-corrected chi connectivity index (χ4v) is 1.86. The summed E-state index contributed by atoms with van der Waals surface area (Å²) in [4.78, 5) is 0. The molecule has 3 aliphatic heterocycles. The molecule has 2 heteroatoms. The van der Waals surface area contributed by atoms with E-state index in [9.17, 15) is 0 Å². The maximum Gasteiger partial charge on any atom is 0.165 e. The maximum absolute atomic E-state index is 5.67. The topological polar surface area (TPSA) is 18.5 Å². The minimum absolute atomic E-state index is 0.254. The quantitative estimate of drug-likeness (QED) is 0.533. The van der Waals surface area contributed by atoms with Crippen LogP contribution in [-0.2, 0) is 9.47 Å². The zero-order chi connectivity index (χ0) is 7.95. The second-order valence-electron chi connectivity index (χ2n) is 4.38. The number of fused-ring (bicyclic) bond motifs is 4. The van der Waals surface area contributed by atoms with Crippen LogP contribution in [0.1, 0.15) is 33.1 Å². The lowest BCUT2D eigenvalue weighted by Crippen LogP contribution is -2.43. The molecule has 0 unspecified atom stereocenters. The van der Waals surface area contributed by atoms with Crippen LogP contribution < -0.4 is 0 Å². The van der Waals surface area contributed by atoms with Gasteiger partial charge in [0.15, 0.2) is 5.79 Å². The highest BCUT2D eigenvalue weighted by molar-refractivity contribution is 4.85. The molecule has 0 atom stereocenters. The Kier molecular flexibility index (Phi) is 1.52. The van der Waals surface area contributed by atoms with Gasteiger partial charge in [-0.3, -0.25) is 0 Å². The second-order valence-corrected chi connectivity index (χ2v) is 4.38. The van der Waals surface area contributed by atoms with Crippen LogP contribution in [0.5, 0.6) is 0 Å². The molecule has 11 heavy (non-hydrogen) atoms. The van der Waals surface area contributed by atoms with Gasteiger partial charge in [0.1, 0.15) is 0 Å². The standard InChI is InChI=1S/C9H16O2/c1-8-4-3-5-9(2,10-6-8)11-7-8/h3-7H2,1-2H3. The normalized spacial score (nSPS) is 50.7. The smallest absolute Gasteiger partial charge is 0.165 e. The van der Waals surface area contributed by atoms with Gasteiger partial charge in [-0.25, -0.2) is 0 Å². The predicted molar refractivity (Wildman–Crippen MR) is 42.3 cm³/mol. The summed E-state index contributed by atoms with van der Waals surface area (Å²) in [7, 11) is 0. The van der Waals surface area contributed by atoms with E-state index in [-0.39, 0.29) is 5.79 Å². The molecule has 2 nitrogen and oxygen atoms in total. The van der Waals surface area contributed by atoms with E-state index in [1.165, 1.54) is 12.8 Å². The highest BCUT2D eigenvalue weighted by Gasteiger charge is 2.42. The van der Waals surface area contributed by atoms with E-state index in [1.807, 2.05) is 0 Å². The van der Waals surface area contributed by atoms with Crippen LogP contribution in [0, 0.1) is 5.41 Å². The molecule has 0 aromatic carbocycles. The van der Waals surface area contributed by atoms with Gasteiger partial charge in [-0.15, -0.1) is 0 Å². The first-order valence-electron chi connectivity index (χ1n) is 4.40. The highest BCUT2D eigenvalue weighted by atomic mass is 16.7. The fraction of sp³-hybridized carbons (Fsp3) is 1.00. The van der Waals surface area contributed by atoms with Gasteiger partial charge in [-0.2, -0.15) is 0 Å². The average molecular weight is 156 g/mol. The Morgan fingerprint density at radius 1 is 1.00 bits per heavy atom. The van der Waals surface area contributed by atoms with E-state index < -0.39 is 0 Å². The fourth-order valence-electron chi connectivity index (χ4n) is 1.86. The molecule has 3 heterocycles. The molecule has 0 saturated carbocycles. The summed E-state index contributed by atoms with van der Waals surface area (Å²) in [6.07, 6.45) is 3.55. The molecule has 3 saturated heterocycles. The van der Waals surface area contributed by atoms with E-state index in [0.29, 0.717) is 5.41 Å². The van der Waals surface area contributed by atoms with Crippen molar-refractivity contribution in [3.8, 4) is 0 Å². The number of hydrogen-bond acceptors (Lipinski definition) is 2. The Morgan fingerprint density at radius 3 is 2.27 bits per heavy atom. The van der Waals surface area contributed by atoms with Crippen molar-refractivity contribution in [3.63, 3.8) is 0 Å². The Balaban J connectivity index is 2.17. The first-order chi connectivity index (χ1) is 5.12. The lowest BCUT2D eigenvalue weighted by molar-refractivity contribution is -0.281. The first kappa shape index (κ1) is 7.56. The van der Waals surface area contributed by atoms with E-state index in [0.717, 1.165) is 19.6 Å². The van der Waals surface area contributed by atoms with Crippen LogP contribution >= 0.6 is 0 Å². The van der Waals surface area contributed by atoms with E-state index in [2.05, 4.69) is 13.8 Å². The van der Waals surface area contributed by atoms with Crippen LogP contribution in [0.25, 0.3) is 0 Å². The summed E-state index contributed by atoms with van der Waals surface area (Å²) in [5.74, 6) is -0.254. The summed E-state index contributed by atoms with van der Waals surface area (Å²) < 4.78 is 11.3. The molecule has 0 amide bonds. The van der Waals surface area contributed by atoms with Crippen molar-refractivity contribution in [1.82, 2.24) is 0 Å². The molecular weight excluding hydrogens is 140 g/mol.